The van der Waals surface area contributed by atoms with Crippen molar-refractivity contribution in [3.8, 4) is 16.9 Å². The summed E-state index contributed by atoms with van der Waals surface area (Å²) in [6, 6.07) is 16.2. The van der Waals surface area contributed by atoms with Crippen LogP contribution in [0.1, 0.15) is 12.8 Å². The normalized spacial score (nSPS) is 14.6. The Labute approximate surface area is 165 Å². The number of hydrogen-bond donors (Lipinski definition) is 1. The molecule has 1 amide bonds. The van der Waals surface area contributed by atoms with E-state index in [-0.39, 0.29) is 24.9 Å². The van der Waals surface area contributed by atoms with Crippen LogP contribution >= 0.6 is 24.0 Å². The Morgan fingerprint density at radius 3 is 2.46 bits per heavy atom. The van der Waals surface area contributed by atoms with E-state index < -0.39 is 0 Å². The van der Waals surface area contributed by atoms with Crippen molar-refractivity contribution in [2.24, 2.45) is 0 Å². The molecule has 1 N–H and O–H groups in total. The van der Waals surface area contributed by atoms with E-state index in [1.54, 1.807) is 0 Å². The smallest absolute Gasteiger partial charge is 0.260 e. The maximum absolute atomic E-state index is 12.3. The van der Waals surface area contributed by atoms with E-state index >= 15 is 0 Å². The maximum Gasteiger partial charge on any atom is 0.260 e. The molecule has 1 aliphatic heterocycles. The first kappa shape index (κ1) is 20.6. The van der Waals surface area contributed by atoms with Crippen molar-refractivity contribution in [3.63, 3.8) is 0 Å². The van der Waals surface area contributed by atoms with E-state index in [4.69, 9.17) is 16.3 Å². The van der Waals surface area contributed by atoms with Crippen LogP contribution < -0.4 is 10.1 Å². The lowest BCUT2D eigenvalue weighted by atomic mass is 10.1. The molecule has 0 saturated carbocycles. The van der Waals surface area contributed by atoms with Gasteiger partial charge in [-0.2, -0.15) is 0 Å². The summed E-state index contributed by atoms with van der Waals surface area (Å²) in [5.41, 5.74) is 2.12. The number of carbonyl (C=O) groups excluding carboxylic acids is 1. The first-order valence-corrected chi connectivity index (χ1v) is 8.98. The zero-order chi connectivity index (χ0) is 17.6. The van der Waals surface area contributed by atoms with Crippen molar-refractivity contribution in [1.82, 2.24) is 10.2 Å². The average Bonchev–Trinajstić information content (AvgIpc) is 2.67. The summed E-state index contributed by atoms with van der Waals surface area (Å²) in [4.78, 5) is 14.2. The van der Waals surface area contributed by atoms with Crippen molar-refractivity contribution in [2.45, 2.75) is 18.9 Å². The van der Waals surface area contributed by atoms with Crippen molar-refractivity contribution >= 4 is 29.9 Å². The van der Waals surface area contributed by atoms with E-state index in [1.807, 2.05) is 60.5 Å². The van der Waals surface area contributed by atoms with E-state index in [9.17, 15) is 4.79 Å². The number of amides is 1. The number of piperidine rings is 1. The van der Waals surface area contributed by atoms with Crippen LogP contribution in [0.3, 0.4) is 0 Å². The molecular weight excluding hydrogens is 371 g/mol. The second kappa shape index (κ2) is 9.81. The topological polar surface area (TPSA) is 41.6 Å². The molecule has 1 heterocycles. The van der Waals surface area contributed by atoms with Crippen LogP contribution in [0.15, 0.2) is 48.5 Å². The number of nitrogens with zero attached hydrogens (tertiary/aromatic N) is 1. The lowest BCUT2D eigenvalue weighted by molar-refractivity contribution is -0.134. The fourth-order valence-corrected chi connectivity index (χ4v) is 3.31. The van der Waals surface area contributed by atoms with Gasteiger partial charge in [-0.05, 0) is 43.1 Å². The molecule has 6 heteroatoms. The number of carbonyl (C=O) groups is 1. The van der Waals surface area contributed by atoms with Gasteiger partial charge in [0.15, 0.2) is 6.61 Å². The van der Waals surface area contributed by atoms with Crippen molar-refractivity contribution < 1.29 is 9.53 Å². The van der Waals surface area contributed by atoms with Gasteiger partial charge in [0.1, 0.15) is 5.75 Å². The predicted octanol–water partition coefficient (Wildman–Crippen LogP) is 4.02. The average molecular weight is 395 g/mol. The molecule has 0 bridgehead atoms. The molecule has 4 nitrogen and oxygen atoms in total. The summed E-state index contributed by atoms with van der Waals surface area (Å²) in [6.45, 7) is 1.57. The van der Waals surface area contributed by atoms with Gasteiger partial charge < -0.3 is 15.0 Å². The lowest BCUT2D eigenvalue weighted by Crippen LogP contribution is -2.45. The van der Waals surface area contributed by atoms with Crippen molar-refractivity contribution in [3.05, 3.63) is 53.6 Å². The SMILES string of the molecule is CNC1CCN(C(=O)COc2ccc(-c3ccccc3)cc2Cl)CC1.Cl. The number of halogens is 2. The standard InChI is InChI=1S/C20H23ClN2O2.ClH/c1-22-17-9-11-23(12-10-17)20(24)14-25-19-8-7-16(13-18(19)21)15-5-3-2-4-6-15;/h2-8,13,17,22H,9-12,14H2,1H3;1H. The maximum atomic E-state index is 12.3. The summed E-state index contributed by atoms with van der Waals surface area (Å²) in [5.74, 6) is 0.553. The Hall–Kier alpha value is -1.75. The van der Waals surface area contributed by atoms with E-state index in [2.05, 4.69) is 5.32 Å². The zero-order valence-electron chi connectivity index (χ0n) is 14.8. The van der Waals surface area contributed by atoms with Gasteiger partial charge in [0.25, 0.3) is 5.91 Å². The number of nitrogens with one attached hydrogen (secondary N) is 1. The largest absolute Gasteiger partial charge is 0.482 e. The van der Waals surface area contributed by atoms with Gasteiger partial charge in [0.2, 0.25) is 0 Å². The summed E-state index contributed by atoms with van der Waals surface area (Å²) >= 11 is 6.33. The number of benzene rings is 2. The predicted molar refractivity (Wildman–Crippen MR) is 108 cm³/mol. The fourth-order valence-electron chi connectivity index (χ4n) is 3.08. The molecule has 1 saturated heterocycles. The van der Waals surface area contributed by atoms with Crippen LogP contribution in [0.4, 0.5) is 0 Å². The molecule has 2 aromatic carbocycles. The molecule has 1 aliphatic rings. The second-order valence-corrected chi connectivity index (χ2v) is 6.65. The molecule has 0 radical (unpaired) electrons. The highest BCUT2D eigenvalue weighted by Crippen LogP contribution is 2.30. The monoisotopic (exact) mass is 394 g/mol. The molecule has 26 heavy (non-hydrogen) atoms. The minimum Gasteiger partial charge on any atom is -0.482 e. The molecule has 3 rings (SSSR count). The van der Waals surface area contributed by atoms with E-state index in [0.29, 0.717) is 16.8 Å². The number of ether oxygens (including phenoxy) is 1. The summed E-state index contributed by atoms with van der Waals surface area (Å²) < 4.78 is 5.66. The van der Waals surface area contributed by atoms with Gasteiger partial charge >= 0.3 is 0 Å². The molecule has 0 aliphatic carbocycles. The highest BCUT2D eigenvalue weighted by Gasteiger charge is 2.22. The Bertz CT molecular complexity index is 717. The molecule has 0 spiro atoms. The van der Waals surface area contributed by atoms with Crippen molar-refractivity contribution in [2.75, 3.05) is 26.7 Å². The molecule has 0 atom stereocenters. The molecule has 1 fully saturated rings. The minimum atomic E-state index is 0. The van der Waals surface area contributed by atoms with Crippen LogP contribution in [0, 0.1) is 0 Å². The molecule has 0 unspecified atom stereocenters. The van der Waals surface area contributed by atoms with Crippen molar-refractivity contribution in [1.29, 1.82) is 0 Å². The van der Waals surface area contributed by atoms with Gasteiger partial charge in [0, 0.05) is 19.1 Å². The van der Waals surface area contributed by atoms with Crippen LogP contribution in [0.2, 0.25) is 5.02 Å². The molecular formula is C20H24Cl2N2O2. The number of likely N-dealkylation sites (tertiary alicyclic amines) is 1. The highest BCUT2D eigenvalue weighted by atomic mass is 35.5. The number of rotatable bonds is 5. The van der Waals surface area contributed by atoms with Gasteiger partial charge in [-0.1, -0.05) is 48.0 Å². The lowest BCUT2D eigenvalue weighted by Gasteiger charge is -2.31. The Balaban J connectivity index is 0.00000243. The molecule has 140 valence electrons. The molecule has 0 aromatic heterocycles. The van der Waals surface area contributed by atoms with E-state index in [1.165, 1.54) is 0 Å². The summed E-state index contributed by atoms with van der Waals surface area (Å²) in [6.07, 6.45) is 1.96. The summed E-state index contributed by atoms with van der Waals surface area (Å²) in [7, 11) is 1.96. The minimum absolute atomic E-state index is 0. The van der Waals surface area contributed by atoms with Gasteiger partial charge in [-0.3, -0.25) is 4.79 Å². The Morgan fingerprint density at radius 1 is 1.15 bits per heavy atom. The van der Waals surface area contributed by atoms with Gasteiger partial charge in [0.05, 0.1) is 5.02 Å². The Kier molecular flexibility index (Phi) is 7.76. The number of hydrogen-bond acceptors (Lipinski definition) is 3. The van der Waals surface area contributed by atoms with Gasteiger partial charge in [-0.15, -0.1) is 12.4 Å². The quantitative estimate of drug-likeness (QED) is 0.832. The third-order valence-electron chi connectivity index (χ3n) is 4.65. The zero-order valence-corrected chi connectivity index (χ0v) is 16.4. The fraction of sp³-hybridized carbons (Fsp3) is 0.350. The van der Waals surface area contributed by atoms with Crippen LogP contribution in [0.25, 0.3) is 11.1 Å². The van der Waals surface area contributed by atoms with Crippen LogP contribution in [-0.4, -0.2) is 43.6 Å². The van der Waals surface area contributed by atoms with Crippen LogP contribution in [0.5, 0.6) is 5.75 Å². The Morgan fingerprint density at radius 2 is 1.85 bits per heavy atom. The van der Waals surface area contributed by atoms with Gasteiger partial charge in [-0.25, -0.2) is 0 Å². The summed E-state index contributed by atoms with van der Waals surface area (Å²) in [5, 5.41) is 3.78. The first-order valence-electron chi connectivity index (χ1n) is 8.60. The first-order chi connectivity index (χ1) is 12.2. The van der Waals surface area contributed by atoms with E-state index in [0.717, 1.165) is 37.1 Å². The van der Waals surface area contributed by atoms with Crippen LogP contribution in [-0.2, 0) is 4.79 Å². The third kappa shape index (κ3) is 5.13. The third-order valence-corrected chi connectivity index (χ3v) is 4.94. The molecule has 2 aromatic rings. The highest BCUT2D eigenvalue weighted by molar-refractivity contribution is 6.32. The second-order valence-electron chi connectivity index (χ2n) is 6.24.